The molecule has 48 heavy (non-hydrogen) atoms. The van der Waals surface area contributed by atoms with Crippen LogP contribution in [0, 0.1) is 0 Å². The fourth-order valence-electron chi connectivity index (χ4n) is 5.60. The second kappa shape index (κ2) is 12.9. The van der Waals surface area contributed by atoms with Crippen LogP contribution in [-0.4, -0.2) is 55.3 Å². The Labute approximate surface area is 290 Å². The second-order valence-corrected chi connectivity index (χ2v) is 22.8. The van der Waals surface area contributed by atoms with E-state index in [9.17, 15) is 4.21 Å². The minimum absolute atomic E-state index is 0.0461. The summed E-state index contributed by atoms with van der Waals surface area (Å²) in [6.07, 6.45) is 2.50. The first-order valence-corrected chi connectivity index (χ1v) is 20.9. The summed E-state index contributed by atoms with van der Waals surface area (Å²) in [6.45, 7) is 25.8. The van der Waals surface area contributed by atoms with Gasteiger partial charge >= 0.3 is 7.12 Å². The number of pyridine rings is 2. The first-order chi connectivity index (χ1) is 22.1. The normalized spacial score (nSPS) is 18.0. The maximum Gasteiger partial charge on any atom is 0.495 e. The summed E-state index contributed by atoms with van der Waals surface area (Å²) >= 11 is 0. The second-order valence-electron chi connectivity index (χ2n) is 16.3. The lowest BCUT2D eigenvalue weighted by atomic mass is 9.76. The van der Waals surface area contributed by atoms with Crippen molar-refractivity contribution in [3.63, 3.8) is 0 Å². The molecule has 1 fully saturated rings. The molecule has 1 unspecified atom stereocenters. The third-order valence-corrected chi connectivity index (χ3v) is 16.3. The number of benzene rings is 1. The highest BCUT2D eigenvalue weighted by Crippen LogP contribution is 2.39. The number of aromatic nitrogens is 4. The topological polar surface area (TPSA) is 114 Å². The highest BCUT2D eigenvalue weighted by molar-refractivity contribution is 7.84. The molecule has 2 atom stereocenters. The van der Waals surface area contributed by atoms with Crippen molar-refractivity contribution < 1.29 is 17.9 Å². The van der Waals surface area contributed by atoms with E-state index in [0.717, 1.165) is 39.0 Å². The number of hydrogen-bond acceptors (Lipinski definition) is 7. The van der Waals surface area contributed by atoms with E-state index < -0.39 is 42.4 Å². The monoisotopic (exact) mass is 689 g/mol. The van der Waals surface area contributed by atoms with E-state index in [0.29, 0.717) is 18.8 Å². The summed E-state index contributed by atoms with van der Waals surface area (Å²) in [5, 5.41) is 11.7. The van der Waals surface area contributed by atoms with Crippen molar-refractivity contribution in [2.24, 2.45) is 5.14 Å². The van der Waals surface area contributed by atoms with Crippen molar-refractivity contribution in [1.29, 1.82) is 0 Å². The van der Waals surface area contributed by atoms with Gasteiger partial charge in [0, 0.05) is 16.6 Å². The summed E-state index contributed by atoms with van der Waals surface area (Å²) < 4.78 is 33.1. The van der Waals surface area contributed by atoms with Gasteiger partial charge in [0.1, 0.15) is 0 Å². The van der Waals surface area contributed by atoms with E-state index in [1.165, 1.54) is 0 Å². The molecular weight excluding hydrogens is 637 g/mol. The van der Waals surface area contributed by atoms with Crippen LogP contribution in [0.5, 0.6) is 0 Å². The van der Waals surface area contributed by atoms with Crippen LogP contribution in [0.2, 0.25) is 18.1 Å². The smallest absolute Gasteiger partial charge is 0.411 e. The van der Waals surface area contributed by atoms with Gasteiger partial charge in [-0.1, -0.05) is 45.9 Å². The fourth-order valence-corrected chi connectivity index (χ4v) is 6.95. The molecule has 0 amide bonds. The van der Waals surface area contributed by atoms with E-state index in [2.05, 4.69) is 80.6 Å². The Hall–Kier alpha value is -2.74. The Morgan fingerprint density at radius 1 is 1.00 bits per heavy atom. The van der Waals surface area contributed by atoms with Gasteiger partial charge in [-0.25, -0.2) is 13.9 Å². The minimum atomic E-state index is -1.96. The summed E-state index contributed by atoms with van der Waals surface area (Å²) in [6, 6.07) is 16.2. The summed E-state index contributed by atoms with van der Waals surface area (Å²) in [5.74, 6) is 0.746. The Morgan fingerprint density at radius 3 is 2.27 bits per heavy atom. The molecule has 4 aromatic rings. The molecule has 12 heteroatoms. The van der Waals surface area contributed by atoms with Crippen LogP contribution in [0.25, 0.3) is 28.0 Å². The Kier molecular flexibility index (Phi) is 9.79. The predicted octanol–water partition coefficient (Wildman–Crippen LogP) is 7.20. The number of nitrogens with zero attached hydrogens (tertiary/aromatic N) is 4. The number of rotatable bonds is 10. The molecule has 1 aliphatic heterocycles. The largest absolute Gasteiger partial charge is 0.495 e. The van der Waals surface area contributed by atoms with Crippen LogP contribution in [0.1, 0.15) is 93.0 Å². The molecule has 0 saturated carbocycles. The molecular formula is C36H52BN5O4SSi. The van der Waals surface area contributed by atoms with Crippen LogP contribution in [-0.2, 0) is 31.3 Å². The summed E-state index contributed by atoms with van der Waals surface area (Å²) in [4.78, 5) is 10.1. The van der Waals surface area contributed by atoms with Gasteiger partial charge in [0.2, 0.25) is 0 Å². The highest BCUT2D eigenvalue weighted by atomic mass is 32.2. The molecule has 0 radical (unpaired) electrons. The van der Waals surface area contributed by atoms with Crippen molar-refractivity contribution in [2.75, 3.05) is 0 Å². The van der Waals surface area contributed by atoms with Crippen molar-refractivity contribution >= 4 is 42.8 Å². The number of hydrogen-bond donors (Lipinski definition) is 1. The molecule has 0 bridgehead atoms. The highest BCUT2D eigenvalue weighted by Gasteiger charge is 2.52. The maximum atomic E-state index is 12.2. The van der Waals surface area contributed by atoms with E-state index in [4.69, 9.17) is 33.9 Å². The van der Waals surface area contributed by atoms with Gasteiger partial charge in [0.15, 0.2) is 14.1 Å². The van der Waals surface area contributed by atoms with Crippen LogP contribution in [0.15, 0.2) is 54.7 Å². The molecule has 1 aromatic carbocycles. The zero-order valence-corrected chi connectivity index (χ0v) is 32.5. The first-order valence-electron chi connectivity index (χ1n) is 16.7. The van der Waals surface area contributed by atoms with Gasteiger partial charge in [-0.15, -0.1) is 0 Å². The summed E-state index contributed by atoms with van der Waals surface area (Å²) in [7, 11) is -4.01. The Bertz CT molecular complexity index is 1820. The molecule has 1 aliphatic rings. The maximum absolute atomic E-state index is 12.2. The Morgan fingerprint density at radius 2 is 1.65 bits per heavy atom. The summed E-state index contributed by atoms with van der Waals surface area (Å²) in [5.41, 5.74) is 4.20. The fraction of sp³-hybridized carbons (Fsp3) is 0.528. The van der Waals surface area contributed by atoms with Crippen LogP contribution in [0.4, 0.5) is 0 Å². The zero-order chi connectivity index (χ0) is 35.4. The SMILES string of the molecule is C[C@@H](CC(C)(C)S(N)=O)c1cccc(-c2cc(B3OC(C)(C)C(C)(C)O3)c3cnn(-c4cccc(CO[Si](C)(C)C(C)(C)C)n4)c3c2)n1. The van der Waals surface area contributed by atoms with Gasteiger partial charge in [-0.3, -0.25) is 10.1 Å². The third-order valence-electron chi connectivity index (χ3n) is 10.5. The lowest BCUT2D eigenvalue weighted by Crippen LogP contribution is -2.41. The van der Waals surface area contributed by atoms with Gasteiger partial charge in [-0.2, -0.15) is 5.10 Å². The number of fused-ring (bicyclic) bond motifs is 1. The average molecular weight is 690 g/mol. The van der Waals surface area contributed by atoms with E-state index >= 15 is 0 Å². The van der Waals surface area contributed by atoms with E-state index in [1.54, 1.807) is 0 Å². The molecule has 9 nitrogen and oxygen atoms in total. The Balaban J connectivity index is 1.60. The van der Waals surface area contributed by atoms with E-state index in [1.807, 2.05) is 61.1 Å². The standard InChI is InChI=1S/C36H52BN5O4SSi/c1-24(21-34(5,6)47(38)43)29-16-14-17-30(41-29)25-19-28(37-45-35(7,8)36(9,10)46-37)27-22-39-42(31(27)20-25)32-18-13-15-26(40-32)23-44-48(11,12)33(2,3)4/h13-20,22,24H,21,23,38H2,1-12H3/t24-,47?/m0/s1. The van der Waals surface area contributed by atoms with Gasteiger partial charge in [0.05, 0.1) is 56.6 Å². The van der Waals surface area contributed by atoms with Crippen LogP contribution in [0.3, 0.4) is 0 Å². The van der Waals surface area contributed by atoms with Gasteiger partial charge in [0.25, 0.3) is 0 Å². The van der Waals surface area contributed by atoms with Crippen molar-refractivity contribution in [3.05, 3.63) is 66.1 Å². The number of nitrogens with two attached hydrogens (primary N) is 1. The quantitative estimate of drug-likeness (QED) is 0.175. The van der Waals surface area contributed by atoms with Gasteiger partial charge < -0.3 is 13.7 Å². The molecule has 4 heterocycles. The molecule has 3 aromatic heterocycles. The van der Waals surface area contributed by atoms with E-state index in [-0.39, 0.29) is 11.0 Å². The molecule has 1 saturated heterocycles. The van der Waals surface area contributed by atoms with Crippen molar-refractivity contribution in [3.8, 4) is 17.1 Å². The lowest BCUT2D eigenvalue weighted by molar-refractivity contribution is 0.00578. The van der Waals surface area contributed by atoms with Gasteiger partial charge in [-0.05, 0) is 108 Å². The lowest BCUT2D eigenvalue weighted by Gasteiger charge is -2.36. The van der Waals surface area contributed by atoms with Crippen LogP contribution < -0.4 is 10.6 Å². The van der Waals surface area contributed by atoms with Crippen molar-refractivity contribution in [1.82, 2.24) is 19.7 Å². The third kappa shape index (κ3) is 7.25. The zero-order valence-electron chi connectivity index (χ0n) is 30.7. The van der Waals surface area contributed by atoms with Crippen LogP contribution >= 0.6 is 0 Å². The molecule has 2 N–H and O–H groups in total. The molecule has 0 aliphatic carbocycles. The first kappa shape index (κ1) is 36.5. The minimum Gasteiger partial charge on any atom is -0.411 e. The molecule has 258 valence electrons. The molecule has 0 spiro atoms. The van der Waals surface area contributed by atoms with Crippen molar-refractivity contribution in [2.45, 2.75) is 122 Å². The average Bonchev–Trinajstić information content (AvgIpc) is 3.51. The predicted molar refractivity (Wildman–Crippen MR) is 199 cm³/mol. The molecule has 5 rings (SSSR count).